The molecule has 0 saturated carbocycles. The first-order valence-electron chi connectivity index (χ1n) is 7.16. The first-order valence-corrected chi connectivity index (χ1v) is 9.79. The third kappa shape index (κ3) is 3.11. The fourth-order valence-electron chi connectivity index (χ4n) is 2.40. The molecule has 10 heteroatoms. The predicted octanol–water partition coefficient (Wildman–Crippen LogP) is 2.51. The number of halogens is 1. The molecule has 0 saturated heterocycles. The van der Waals surface area contributed by atoms with Crippen molar-refractivity contribution < 1.29 is 17.9 Å². The second kappa shape index (κ2) is 6.66. The molecule has 0 atom stereocenters. The Kier molecular flexibility index (Phi) is 4.75. The maximum absolute atomic E-state index is 13.0. The van der Waals surface area contributed by atoms with Gasteiger partial charge in [-0.2, -0.15) is 0 Å². The number of thiazole rings is 1. The molecule has 24 heavy (non-hydrogen) atoms. The molecule has 1 aliphatic heterocycles. The van der Waals surface area contributed by atoms with Crippen LogP contribution in [0.5, 0.6) is 0 Å². The van der Waals surface area contributed by atoms with Crippen LogP contribution in [0, 0.1) is 0 Å². The van der Waals surface area contributed by atoms with E-state index in [0.717, 1.165) is 17.8 Å². The number of carbonyl (C=O) groups excluding carboxylic acids is 1. The lowest BCUT2D eigenvalue weighted by molar-refractivity contribution is 0.0600. The second-order valence-electron chi connectivity index (χ2n) is 5.11. The minimum absolute atomic E-state index is 0.0489. The van der Waals surface area contributed by atoms with Crippen LogP contribution >= 0.6 is 22.9 Å². The number of fused-ring (bicyclic) bond motifs is 1. The van der Waals surface area contributed by atoms with Gasteiger partial charge < -0.3 is 4.74 Å². The van der Waals surface area contributed by atoms with E-state index in [-0.39, 0.29) is 15.1 Å². The van der Waals surface area contributed by atoms with Gasteiger partial charge in [0.05, 0.1) is 12.8 Å². The topological polar surface area (TPSA) is 89.5 Å². The number of nitrogens with zero attached hydrogens (tertiary/aromatic N) is 3. The van der Waals surface area contributed by atoms with Gasteiger partial charge in [0.25, 0.3) is 10.0 Å². The van der Waals surface area contributed by atoms with Gasteiger partial charge in [-0.1, -0.05) is 22.9 Å². The summed E-state index contributed by atoms with van der Waals surface area (Å²) < 4.78 is 31.9. The molecular weight excluding hydrogens is 374 g/mol. The van der Waals surface area contributed by atoms with Gasteiger partial charge in [0, 0.05) is 12.7 Å². The number of aryl methyl sites for hydroxylation is 1. The van der Waals surface area contributed by atoms with Crippen LogP contribution in [0.4, 0.5) is 5.00 Å². The summed E-state index contributed by atoms with van der Waals surface area (Å²) in [6.45, 7) is 0.320. The Balaban J connectivity index is 2.06. The van der Waals surface area contributed by atoms with E-state index in [9.17, 15) is 13.2 Å². The lowest BCUT2D eigenvalue weighted by atomic mass is 10.2. The van der Waals surface area contributed by atoms with E-state index >= 15 is 0 Å². The van der Waals surface area contributed by atoms with E-state index in [2.05, 4.69) is 14.7 Å². The Labute approximate surface area is 148 Å². The smallest absolute Gasteiger partial charge is 0.367 e. The zero-order valence-corrected chi connectivity index (χ0v) is 15.1. The highest BCUT2D eigenvalue weighted by Gasteiger charge is 2.32. The molecule has 3 heterocycles. The van der Waals surface area contributed by atoms with Crippen molar-refractivity contribution in [1.82, 2.24) is 9.97 Å². The normalized spacial score (nSPS) is 14.8. The summed E-state index contributed by atoms with van der Waals surface area (Å²) in [5.41, 5.74) is 0.600. The number of esters is 1. The highest BCUT2D eigenvalue weighted by Crippen LogP contribution is 2.36. The van der Waals surface area contributed by atoms with E-state index < -0.39 is 16.0 Å². The number of pyridine rings is 1. The SMILES string of the molecule is COC(=O)c1nc2c(s1)N(S(=O)(=O)c1ccc(Cl)nc1)CCCC2. The molecule has 0 amide bonds. The maximum atomic E-state index is 13.0. The first-order chi connectivity index (χ1) is 11.4. The molecule has 2 aromatic heterocycles. The second-order valence-corrected chi connectivity index (χ2v) is 8.34. The van der Waals surface area contributed by atoms with E-state index in [4.69, 9.17) is 11.6 Å². The fourth-order valence-corrected chi connectivity index (χ4v) is 5.25. The number of carbonyl (C=O) groups is 1. The van der Waals surface area contributed by atoms with Crippen LogP contribution in [-0.2, 0) is 21.2 Å². The minimum atomic E-state index is -3.80. The molecule has 0 aliphatic carbocycles. The molecule has 0 N–H and O–H groups in total. The van der Waals surface area contributed by atoms with Gasteiger partial charge in [-0.3, -0.25) is 4.31 Å². The predicted molar refractivity (Wildman–Crippen MR) is 90.2 cm³/mol. The molecule has 128 valence electrons. The lowest BCUT2D eigenvalue weighted by Crippen LogP contribution is -2.31. The van der Waals surface area contributed by atoms with Gasteiger partial charge in [-0.15, -0.1) is 0 Å². The standard InChI is InChI=1S/C14H14ClN3O4S2/c1-22-14(19)12-17-10-4-2-3-7-18(13(10)23-12)24(20,21)9-5-6-11(15)16-8-9/h5-6,8H,2-4,7H2,1H3. The summed E-state index contributed by atoms with van der Waals surface area (Å²) in [6.07, 6.45) is 3.34. The molecular formula is C14H14ClN3O4S2. The molecule has 1 aliphatic rings. The Morgan fingerprint density at radius 3 is 2.83 bits per heavy atom. The molecule has 0 spiro atoms. The van der Waals surface area contributed by atoms with Crippen molar-refractivity contribution in [2.24, 2.45) is 0 Å². The number of ether oxygens (including phenoxy) is 1. The summed E-state index contributed by atoms with van der Waals surface area (Å²) in [5, 5.41) is 0.831. The van der Waals surface area contributed by atoms with Gasteiger partial charge in [0.1, 0.15) is 15.0 Å². The van der Waals surface area contributed by atoms with E-state index in [1.54, 1.807) is 0 Å². The molecule has 0 bridgehead atoms. The van der Waals surface area contributed by atoms with E-state index in [0.29, 0.717) is 30.1 Å². The van der Waals surface area contributed by atoms with Crippen LogP contribution in [0.1, 0.15) is 28.3 Å². The maximum Gasteiger partial charge on any atom is 0.367 e. The molecule has 0 unspecified atom stereocenters. The Morgan fingerprint density at radius 1 is 1.38 bits per heavy atom. The van der Waals surface area contributed by atoms with Crippen molar-refractivity contribution in [2.75, 3.05) is 18.0 Å². The van der Waals surface area contributed by atoms with E-state index in [1.807, 2.05) is 0 Å². The number of hydrogen-bond acceptors (Lipinski definition) is 7. The summed E-state index contributed by atoms with van der Waals surface area (Å²) in [5.74, 6) is -0.571. The Hall–Kier alpha value is -1.71. The minimum Gasteiger partial charge on any atom is -0.464 e. The van der Waals surface area contributed by atoms with Crippen LogP contribution in [0.25, 0.3) is 0 Å². The molecule has 7 nitrogen and oxygen atoms in total. The van der Waals surface area contributed by atoms with Crippen molar-refractivity contribution in [2.45, 2.75) is 24.2 Å². The summed E-state index contributed by atoms with van der Waals surface area (Å²) >= 11 is 6.76. The van der Waals surface area contributed by atoms with E-state index in [1.165, 1.54) is 29.7 Å². The molecule has 3 rings (SSSR count). The largest absolute Gasteiger partial charge is 0.464 e. The van der Waals surface area contributed by atoms with Gasteiger partial charge in [-0.05, 0) is 31.4 Å². The van der Waals surface area contributed by atoms with Crippen molar-refractivity contribution in [1.29, 1.82) is 0 Å². The third-order valence-electron chi connectivity index (χ3n) is 3.58. The zero-order chi connectivity index (χ0) is 17.3. The molecule has 0 radical (unpaired) electrons. The summed E-state index contributed by atoms with van der Waals surface area (Å²) in [6, 6.07) is 2.84. The van der Waals surface area contributed by atoms with Crippen molar-refractivity contribution >= 4 is 43.9 Å². The lowest BCUT2D eigenvalue weighted by Gasteiger charge is -2.21. The van der Waals surface area contributed by atoms with Crippen molar-refractivity contribution in [3.05, 3.63) is 34.2 Å². The summed E-state index contributed by atoms with van der Waals surface area (Å²) in [4.78, 5) is 19.9. The van der Waals surface area contributed by atoms with Crippen LogP contribution < -0.4 is 4.31 Å². The number of hydrogen-bond donors (Lipinski definition) is 0. The number of methoxy groups -OCH3 is 1. The average molecular weight is 388 g/mol. The highest BCUT2D eigenvalue weighted by atomic mass is 35.5. The van der Waals surface area contributed by atoms with Gasteiger partial charge in [0.15, 0.2) is 0 Å². The third-order valence-corrected chi connectivity index (χ3v) is 6.80. The Morgan fingerprint density at radius 2 is 2.17 bits per heavy atom. The number of rotatable bonds is 3. The van der Waals surface area contributed by atoms with Crippen LogP contribution in [0.2, 0.25) is 5.15 Å². The molecule has 2 aromatic rings. The monoisotopic (exact) mass is 387 g/mol. The average Bonchev–Trinajstić information content (AvgIpc) is 2.87. The van der Waals surface area contributed by atoms with Crippen LogP contribution in [0.15, 0.2) is 23.2 Å². The highest BCUT2D eigenvalue weighted by molar-refractivity contribution is 7.93. The van der Waals surface area contributed by atoms with Gasteiger partial charge >= 0.3 is 5.97 Å². The fraction of sp³-hybridized carbons (Fsp3) is 0.357. The van der Waals surface area contributed by atoms with Crippen molar-refractivity contribution in [3.8, 4) is 0 Å². The number of sulfonamides is 1. The number of aromatic nitrogens is 2. The molecule has 0 fully saturated rings. The summed E-state index contributed by atoms with van der Waals surface area (Å²) in [7, 11) is -2.54. The van der Waals surface area contributed by atoms with Gasteiger partial charge in [-0.25, -0.2) is 23.2 Å². The van der Waals surface area contributed by atoms with Crippen LogP contribution in [-0.4, -0.2) is 38.0 Å². The quantitative estimate of drug-likeness (QED) is 0.593. The number of anilines is 1. The zero-order valence-electron chi connectivity index (χ0n) is 12.7. The van der Waals surface area contributed by atoms with Gasteiger partial charge in [0.2, 0.25) is 5.01 Å². The first kappa shape index (κ1) is 17.1. The Bertz CT molecular complexity index is 865. The molecule has 0 aromatic carbocycles. The van der Waals surface area contributed by atoms with Crippen molar-refractivity contribution in [3.63, 3.8) is 0 Å². The van der Waals surface area contributed by atoms with Crippen LogP contribution in [0.3, 0.4) is 0 Å².